The highest BCUT2D eigenvalue weighted by atomic mass is 16.5. The number of nitrogen functional groups attached to an aromatic ring is 1. The van der Waals surface area contributed by atoms with E-state index >= 15 is 0 Å². The lowest BCUT2D eigenvalue weighted by molar-refractivity contribution is 0.305. The van der Waals surface area contributed by atoms with Gasteiger partial charge in [0.15, 0.2) is 0 Å². The minimum Gasteiger partial charge on any atom is -0.477 e. The third-order valence-electron chi connectivity index (χ3n) is 4.26. The maximum atomic E-state index is 5.73. The van der Waals surface area contributed by atoms with Crippen LogP contribution in [0.1, 0.15) is 90.9 Å². The Kier molecular flexibility index (Phi) is 12.7. The van der Waals surface area contributed by atoms with Gasteiger partial charge in [-0.1, -0.05) is 78.1 Å². The molecule has 0 aliphatic heterocycles. The highest BCUT2D eigenvalue weighted by Crippen LogP contribution is 2.15. The summed E-state index contributed by atoms with van der Waals surface area (Å²) in [5, 5.41) is 3.32. The number of ether oxygens (including phenoxy) is 1. The van der Waals surface area contributed by atoms with Gasteiger partial charge in [0.2, 0.25) is 11.8 Å². The molecular weight excluding hydrogens is 312 g/mol. The lowest BCUT2D eigenvalue weighted by Gasteiger charge is -2.09. The first-order valence-corrected chi connectivity index (χ1v) is 10.3. The predicted molar refractivity (Wildman–Crippen MR) is 107 cm³/mol. The van der Waals surface area contributed by atoms with Gasteiger partial charge in [0.25, 0.3) is 0 Å². The van der Waals surface area contributed by atoms with Gasteiger partial charge in [0, 0.05) is 12.6 Å². The first-order chi connectivity index (χ1) is 12.3. The standard InChI is InChI=1S/C20H38N4O/c1-3-5-6-7-8-9-10-11-12-13-14-15-22-18-17-19(25-16-4-2)24-20(21)23-18/h17H,3-16H2,1-2H3,(H3,21,22,23,24). The maximum absolute atomic E-state index is 5.73. The topological polar surface area (TPSA) is 73.1 Å². The van der Waals surface area contributed by atoms with Gasteiger partial charge in [-0.25, -0.2) is 0 Å². The fourth-order valence-corrected chi connectivity index (χ4v) is 2.82. The van der Waals surface area contributed by atoms with Crippen LogP contribution in [0.4, 0.5) is 11.8 Å². The first-order valence-electron chi connectivity index (χ1n) is 10.3. The number of nitrogens with one attached hydrogen (secondary N) is 1. The zero-order valence-electron chi connectivity index (χ0n) is 16.4. The maximum Gasteiger partial charge on any atom is 0.225 e. The van der Waals surface area contributed by atoms with Crippen LogP contribution in [0.3, 0.4) is 0 Å². The molecule has 0 aliphatic carbocycles. The minimum absolute atomic E-state index is 0.259. The van der Waals surface area contributed by atoms with Crippen molar-refractivity contribution in [3.63, 3.8) is 0 Å². The van der Waals surface area contributed by atoms with E-state index in [0.717, 1.165) is 25.2 Å². The molecule has 0 saturated carbocycles. The van der Waals surface area contributed by atoms with Crippen LogP contribution in [-0.2, 0) is 0 Å². The molecule has 3 N–H and O–H groups in total. The predicted octanol–water partition coefficient (Wildman–Crippen LogP) is 5.57. The van der Waals surface area contributed by atoms with E-state index in [1.54, 1.807) is 0 Å². The molecule has 1 heterocycles. The summed E-state index contributed by atoms with van der Waals surface area (Å²) < 4.78 is 5.52. The molecule has 0 aliphatic rings. The summed E-state index contributed by atoms with van der Waals surface area (Å²) in [6.45, 7) is 5.90. The van der Waals surface area contributed by atoms with E-state index in [1.807, 2.05) is 6.07 Å². The number of rotatable bonds is 16. The number of unbranched alkanes of at least 4 members (excludes halogenated alkanes) is 10. The van der Waals surface area contributed by atoms with Crippen molar-refractivity contribution in [2.24, 2.45) is 0 Å². The highest BCUT2D eigenvalue weighted by Gasteiger charge is 2.03. The molecule has 0 amide bonds. The van der Waals surface area contributed by atoms with Crippen molar-refractivity contribution in [1.82, 2.24) is 9.97 Å². The second-order valence-corrected chi connectivity index (χ2v) is 6.76. The Hall–Kier alpha value is -1.52. The van der Waals surface area contributed by atoms with Crippen molar-refractivity contribution in [3.8, 4) is 5.88 Å². The molecule has 0 spiro atoms. The van der Waals surface area contributed by atoms with E-state index in [0.29, 0.717) is 12.5 Å². The van der Waals surface area contributed by atoms with E-state index in [-0.39, 0.29) is 5.95 Å². The summed E-state index contributed by atoms with van der Waals surface area (Å²) in [6.07, 6.45) is 15.9. The number of hydrogen-bond acceptors (Lipinski definition) is 5. The van der Waals surface area contributed by atoms with Gasteiger partial charge in [0.1, 0.15) is 5.82 Å². The molecule has 0 atom stereocenters. The van der Waals surface area contributed by atoms with Gasteiger partial charge in [-0.2, -0.15) is 9.97 Å². The fourth-order valence-electron chi connectivity index (χ4n) is 2.82. The molecule has 144 valence electrons. The lowest BCUT2D eigenvalue weighted by atomic mass is 10.1. The second-order valence-electron chi connectivity index (χ2n) is 6.76. The largest absolute Gasteiger partial charge is 0.477 e. The Morgan fingerprint density at radius 2 is 1.44 bits per heavy atom. The van der Waals surface area contributed by atoms with Crippen LogP contribution in [0.15, 0.2) is 6.07 Å². The average Bonchev–Trinajstić information content (AvgIpc) is 2.60. The minimum atomic E-state index is 0.259. The van der Waals surface area contributed by atoms with Crippen LogP contribution in [-0.4, -0.2) is 23.1 Å². The van der Waals surface area contributed by atoms with Crippen molar-refractivity contribution < 1.29 is 4.74 Å². The van der Waals surface area contributed by atoms with E-state index in [4.69, 9.17) is 10.5 Å². The highest BCUT2D eigenvalue weighted by molar-refractivity contribution is 5.42. The Morgan fingerprint density at radius 1 is 0.840 bits per heavy atom. The van der Waals surface area contributed by atoms with Gasteiger partial charge < -0.3 is 15.8 Å². The quantitative estimate of drug-likeness (QED) is 0.381. The van der Waals surface area contributed by atoms with E-state index in [1.165, 1.54) is 64.2 Å². The van der Waals surface area contributed by atoms with Crippen molar-refractivity contribution in [2.45, 2.75) is 90.9 Å². The molecule has 0 aromatic carbocycles. The third kappa shape index (κ3) is 11.6. The summed E-state index contributed by atoms with van der Waals surface area (Å²) >= 11 is 0. The monoisotopic (exact) mass is 350 g/mol. The van der Waals surface area contributed by atoms with Crippen LogP contribution in [0.25, 0.3) is 0 Å². The average molecular weight is 351 g/mol. The van der Waals surface area contributed by atoms with E-state index < -0.39 is 0 Å². The molecule has 1 rings (SSSR count). The molecular formula is C20H38N4O. The molecule has 5 nitrogen and oxygen atoms in total. The lowest BCUT2D eigenvalue weighted by Crippen LogP contribution is -2.07. The summed E-state index contributed by atoms with van der Waals surface area (Å²) in [6, 6.07) is 1.82. The summed E-state index contributed by atoms with van der Waals surface area (Å²) in [5.41, 5.74) is 5.73. The Bertz CT molecular complexity index is 440. The van der Waals surface area contributed by atoms with Gasteiger partial charge in [0.05, 0.1) is 6.61 Å². The molecule has 0 unspecified atom stereocenters. The normalized spacial score (nSPS) is 10.8. The van der Waals surface area contributed by atoms with Gasteiger partial charge in [-0.3, -0.25) is 0 Å². The van der Waals surface area contributed by atoms with Crippen molar-refractivity contribution in [1.29, 1.82) is 0 Å². The zero-order valence-corrected chi connectivity index (χ0v) is 16.4. The Balaban J connectivity index is 2.01. The number of hydrogen-bond donors (Lipinski definition) is 2. The number of nitrogens with two attached hydrogens (primary N) is 1. The SMILES string of the molecule is CCCCCCCCCCCCCNc1cc(OCCC)nc(N)n1. The molecule has 0 bridgehead atoms. The molecule has 0 fully saturated rings. The molecule has 5 heteroatoms. The van der Waals surface area contributed by atoms with Crippen molar-refractivity contribution in [2.75, 3.05) is 24.2 Å². The van der Waals surface area contributed by atoms with Gasteiger partial charge >= 0.3 is 0 Å². The third-order valence-corrected chi connectivity index (χ3v) is 4.26. The first kappa shape index (κ1) is 21.5. The zero-order chi connectivity index (χ0) is 18.2. The van der Waals surface area contributed by atoms with Gasteiger partial charge in [-0.15, -0.1) is 0 Å². The van der Waals surface area contributed by atoms with Crippen LogP contribution in [0, 0.1) is 0 Å². The molecule has 1 aromatic rings. The molecule has 0 saturated heterocycles. The van der Waals surface area contributed by atoms with Crippen molar-refractivity contribution >= 4 is 11.8 Å². The molecule has 1 aromatic heterocycles. The number of nitrogens with zero attached hydrogens (tertiary/aromatic N) is 2. The molecule has 25 heavy (non-hydrogen) atoms. The van der Waals surface area contributed by atoms with Crippen LogP contribution < -0.4 is 15.8 Å². The second kappa shape index (κ2) is 14.8. The Morgan fingerprint density at radius 3 is 2.04 bits per heavy atom. The Labute approximate surface area is 154 Å². The number of aromatic nitrogens is 2. The summed E-state index contributed by atoms with van der Waals surface area (Å²) in [7, 11) is 0. The van der Waals surface area contributed by atoms with Crippen LogP contribution >= 0.6 is 0 Å². The molecule has 0 radical (unpaired) electrons. The van der Waals surface area contributed by atoms with Crippen LogP contribution in [0.2, 0.25) is 0 Å². The van der Waals surface area contributed by atoms with Gasteiger partial charge in [-0.05, 0) is 12.8 Å². The van der Waals surface area contributed by atoms with Crippen molar-refractivity contribution in [3.05, 3.63) is 6.07 Å². The number of anilines is 2. The van der Waals surface area contributed by atoms with E-state index in [9.17, 15) is 0 Å². The smallest absolute Gasteiger partial charge is 0.225 e. The van der Waals surface area contributed by atoms with Crippen LogP contribution in [0.5, 0.6) is 5.88 Å². The summed E-state index contributed by atoms with van der Waals surface area (Å²) in [5.74, 6) is 1.57. The fraction of sp³-hybridized carbons (Fsp3) is 0.800. The summed E-state index contributed by atoms with van der Waals surface area (Å²) in [4.78, 5) is 8.29. The van der Waals surface area contributed by atoms with E-state index in [2.05, 4.69) is 29.1 Å².